The number of hydrogen-bond donors (Lipinski definition) is 1. The Morgan fingerprint density at radius 2 is 2.00 bits per heavy atom. The van der Waals surface area contributed by atoms with E-state index >= 15 is 0 Å². The van der Waals surface area contributed by atoms with Gasteiger partial charge in [0.05, 0.1) is 20.0 Å². The molecule has 1 amide bonds. The highest BCUT2D eigenvalue weighted by atomic mass is 32.2. The van der Waals surface area contributed by atoms with Crippen LogP contribution in [0.1, 0.15) is 10.4 Å². The van der Waals surface area contributed by atoms with E-state index in [4.69, 9.17) is 9.47 Å². The maximum absolute atomic E-state index is 12.4. The Balaban J connectivity index is 1.80. The van der Waals surface area contributed by atoms with Crippen molar-refractivity contribution in [2.75, 3.05) is 25.3 Å². The van der Waals surface area contributed by atoms with Gasteiger partial charge in [-0.15, -0.1) is 16.4 Å². The summed E-state index contributed by atoms with van der Waals surface area (Å²) in [6, 6.07) is 7.29. The van der Waals surface area contributed by atoms with Crippen LogP contribution < -0.4 is 10.1 Å². The van der Waals surface area contributed by atoms with Crippen LogP contribution in [0.4, 0.5) is 5.00 Å². The first-order chi connectivity index (χ1) is 13.5. The Bertz CT molecular complexity index is 984. The lowest BCUT2D eigenvalue weighted by atomic mass is 10.0. The SMILES string of the molecule is COC(=O)c1c(-c2ccc(OC)cc2)csc1NC(=O)CSc1nnnn1C. The van der Waals surface area contributed by atoms with E-state index in [1.807, 2.05) is 17.5 Å². The van der Waals surface area contributed by atoms with Gasteiger partial charge < -0.3 is 14.8 Å². The van der Waals surface area contributed by atoms with E-state index in [1.54, 1.807) is 26.3 Å². The second kappa shape index (κ2) is 8.85. The third kappa shape index (κ3) is 4.31. The zero-order valence-electron chi connectivity index (χ0n) is 15.3. The quantitative estimate of drug-likeness (QED) is 0.460. The van der Waals surface area contributed by atoms with Crippen LogP contribution in [0.5, 0.6) is 5.75 Å². The number of benzene rings is 1. The number of tetrazole rings is 1. The Morgan fingerprint density at radius 1 is 1.25 bits per heavy atom. The molecule has 9 nitrogen and oxygen atoms in total. The van der Waals surface area contributed by atoms with Crippen molar-refractivity contribution < 1.29 is 19.1 Å². The van der Waals surface area contributed by atoms with Crippen LogP contribution in [0.3, 0.4) is 0 Å². The second-order valence-corrected chi connectivity index (χ2v) is 7.32. The summed E-state index contributed by atoms with van der Waals surface area (Å²) in [5.41, 5.74) is 1.81. The molecule has 11 heteroatoms. The molecule has 146 valence electrons. The Hall–Kier alpha value is -2.92. The fourth-order valence-corrected chi connectivity index (χ4v) is 4.00. The summed E-state index contributed by atoms with van der Waals surface area (Å²) in [7, 11) is 4.58. The molecule has 3 rings (SSSR count). The molecule has 28 heavy (non-hydrogen) atoms. The van der Waals surface area contributed by atoms with E-state index in [0.717, 1.165) is 5.56 Å². The third-order valence-corrected chi connectivity index (χ3v) is 5.65. The monoisotopic (exact) mass is 419 g/mol. The number of hydrogen-bond acceptors (Lipinski definition) is 9. The lowest BCUT2D eigenvalue weighted by Crippen LogP contribution is -2.16. The Kier molecular flexibility index (Phi) is 6.26. The molecule has 0 aliphatic heterocycles. The molecule has 0 aliphatic rings. The summed E-state index contributed by atoms with van der Waals surface area (Å²) in [4.78, 5) is 24.7. The molecule has 2 aromatic heterocycles. The van der Waals surface area contributed by atoms with E-state index < -0.39 is 5.97 Å². The summed E-state index contributed by atoms with van der Waals surface area (Å²) in [6.45, 7) is 0. The number of nitrogens with one attached hydrogen (secondary N) is 1. The number of thiophene rings is 1. The summed E-state index contributed by atoms with van der Waals surface area (Å²) < 4.78 is 11.6. The molecule has 0 aliphatic carbocycles. The van der Waals surface area contributed by atoms with E-state index in [9.17, 15) is 9.59 Å². The zero-order valence-corrected chi connectivity index (χ0v) is 17.0. The number of amides is 1. The summed E-state index contributed by atoms with van der Waals surface area (Å²) in [6.07, 6.45) is 0. The summed E-state index contributed by atoms with van der Waals surface area (Å²) >= 11 is 2.46. The van der Waals surface area contributed by atoms with Gasteiger partial charge in [0.25, 0.3) is 0 Å². The van der Waals surface area contributed by atoms with Crippen molar-refractivity contribution in [1.82, 2.24) is 20.2 Å². The highest BCUT2D eigenvalue weighted by Crippen LogP contribution is 2.36. The molecule has 3 aromatic rings. The first kappa shape index (κ1) is 19.8. The predicted molar refractivity (Wildman–Crippen MR) is 106 cm³/mol. The van der Waals surface area contributed by atoms with Crippen LogP contribution in [0, 0.1) is 0 Å². The Morgan fingerprint density at radius 3 is 2.61 bits per heavy atom. The van der Waals surface area contributed by atoms with Crippen molar-refractivity contribution in [3.8, 4) is 16.9 Å². The minimum atomic E-state index is -0.521. The number of aryl methyl sites for hydroxylation is 1. The fraction of sp³-hybridized carbons (Fsp3) is 0.235. The van der Waals surface area contributed by atoms with Crippen LogP contribution in [0.2, 0.25) is 0 Å². The number of ether oxygens (including phenoxy) is 2. The van der Waals surface area contributed by atoms with Gasteiger partial charge in [-0.3, -0.25) is 4.79 Å². The van der Waals surface area contributed by atoms with Crippen LogP contribution in [0.15, 0.2) is 34.8 Å². The number of carbonyl (C=O) groups excluding carboxylic acids is 2. The molecule has 0 spiro atoms. The highest BCUT2D eigenvalue weighted by Gasteiger charge is 2.22. The summed E-state index contributed by atoms with van der Waals surface area (Å²) in [5, 5.41) is 16.6. The number of aromatic nitrogens is 4. The van der Waals surface area contributed by atoms with Crippen molar-refractivity contribution in [3.05, 3.63) is 35.2 Å². The molecule has 0 saturated carbocycles. The number of nitrogens with zero attached hydrogens (tertiary/aromatic N) is 4. The van der Waals surface area contributed by atoms with Crippen LogP contribution in [0.25, 0.3) is 11.1 Å². The average molecular weight is 419 g/mol. The van der Waals surface area contributed by atoms with Gasteiger partial charge in [0.1, 0.15) is 16.3 Å². The number of rotatable bonds is 7. The van der Waals surface area contributed by atoms with Crippen LogP contribution >= 0.6 is 23.1 Å². The van der Waals surface area contributed by atoms with Gasteiger partial charge in [-0.1, -0.05) is 23.9 Å². The Labute approximate surface area is 169 Å². The molecule has 1 N–H and O–H groups in total. The molecule has 0 bridgehead atoms. The second-order valence-electron chi connectivity index (χ2n) is 5.50. The maximum Gasteiger partial charge on any atom is 0.341 e. The van der Waals surface area contributed by atoms with Gasteiger partial charge in [0, 0.05) is 18.0 Å². The van der Waals surface area contributed by atoms with E-state index in [-0.39, 0.29) is 11.7 Å². The normalized spacial score (nSPS) is 10.5. The fourth-order valence-electron chi connectivity index (χ4n) is 2.37. The summed E-state index contributed by atoms with van der Waals surface area (Å²) in [5.74, 6) is 0.0149. The molecule has 0 atom stereocenters. The largest absolute Gasteiger partial charge is 0.497 e. The van der Waals surface area contributed by atoms with E-state index in [2.05, 4.69) is 20.8 Å². The molecule has 0 fully saturated rings. The minimum absolute atomic E-state index is 0.102. The maximum atomic E-state index is 12.4. The lowest BCUT2D eigenvalue weighted by molar-refractivity contribution is -0.113. The average Bonchev–Trinajstić information content (AvgIpc) is 3.32. The first-order valence-electron chi connectivity index (χ1n) is 8.02. The van der Waals surface area contributed by atoms with Gasteiger partial charge in [0.2, 0.25) is 11.1 Å². The third-order valence-electron chi connectivity index (χ3n) is 3.75. The molecule has 2 heterocycles. The smallest absolute Gasteiger partial charge is 0.341 e. The van der Waals surface area contributed by atoms with Gasteiger partial charge in [-0.2, -0.15) is 0 Å². The number of carbonyl (C=O) groups is 2. The highest BCUT2D eigenvalue weighted by molar-refractivity contribution is 7.99. The standard InChI is InChI=1S/C17H17N5O4S2/c1-22-17(19-20-21-22)28-9-13(23)18-15-14(16(24)26-3)12(8-27-15)10-4-6-11(25-2)7-5-10/h4-8H,9H2,1-3H3,(H,18,23). The van der Waals surface area contributed by atoms with Crippen molar-refractivity contribution >= 4 is 40.0 Å². The molecule has 0 radical (unpaired) electrons. The topological polar surface area (TPSA) is 108 Å². The number of methoxy groups -OCH3 is 2. The van der Waals surface area contributed by atoms with E-state index in [0.29, 0.717) is 27.0 Å². The van der Waals surface area contributed by atoms with Crippen LogP contribution in [-0.4, -0.2) is 52.1 Å². The zero-order chi connectivity index (χ0) is 20.1. The van der Waals surface area contributed by atoms with Crippen molar-refractivity contribution in [3.63, 3.8) is 0 Å². The first-order valence-corrected chi connectivity index (χ1v) is 9.89. The number of anilines is 1. The van der Waals surface area contributed by atoms with Crippen molar-refractivity contribution in [1.29, 1.82) is 0 Å². The van der Waals surface area contributed by atoms with E-state index in [1.165, 1.54) is 34.9 Å². The molecular weight excluding hydrogens is 402 g/mol. The number of thioether (sulfide) groups is 1. The van der Waals surface area contributed by atoms with Gasteiger partial charge in [-0.05, 0) is 28.1 Å². The van der Waals surface area contributed by atoms with Crippen LogP contribution in [-0.2, 0) is 16.6 Å². The van der Waals surface area contributed by atoms with Gasteiger partial charge >= 0.3 is 5.97 Å². The minimum Gasteiger partial charge on any atom is -0.497 e. The predicted octanol–water partition coefficient (Wildman–Crippen LogP) is 2.46. The molecule has 1 aromatic carbocycles. The van der Waals surface area contributed by atoms with Crippen molar-refractivity contribution in [2.45, 2.75) is 5.16 Å². The molecule has 0 unspecified atom stereocenters. The number of esters is 1. The van der Waals surface area contributed by atoms with Gasteiger partial charge in [0.15, 0.2) is 0 Å². The lowest BCUT2D eigenvalue weighted by Gasteiger charge is -2.08. The molecular formula is C17H17N5O4S2. The van der Waals surface area contributed by atoms with Gasteiger partial charge in [-0.25, -0.2) is 9.48 Å². The molecule has 0 saturated heterocycles. The van der Waals surface area contributed by atoms with Crippen molar-refractivity contribution in [2.24, 2.45) is 7.05 Å².